The second-order valence-corrected chi connectivity index (χ2v) is 6.14. The van der Waals surface area contributed by atoms with E-state index in [9.17, 15) is 19.8 Å². The van der Waals surface area contributed by atoms with Crippen LogP contribution in [0.1, 0.15) is 42.4 Å². The smallest absolute Gasteiger partial charge is 0.407 e. The largest absolute Gasteiger partial charge is 0.476 e. The molecule has 0 bridgehead atoms. The number of alkyl carbamates (subject to hydrolysis) is 1. The summed E-state index contributed by atoms with van der Waals surface area (Å²) in [6.45, 7) is 4.83. The van der Waals surface area contributed by atoms with Crippen LogP contribution in [-0.2, 0) is 4.74 Å². The molecule has 9 heteroatoms. The van der Waals surface area contributed by atoms with Gasteiger partial charge in [0.15, 0.2) is 0 Å². The summed E-state index contributed by atoms with van der Waals surface area (Å²) in [4.78, 5) is 25.8. The Morgan fingerprint density at radius 2 is 2.05 bits per heavy atom. The Labute approximate surface area is 125 Å². The monoisotopic (exact) mass is 318 g/mol. The average Bonchev–Trinajstić information content (AvgIpc) is 2.82. The summed E-state index contributed by atoms with van der Waals surface area (Å²) in [6.07, 6.45) is -3.45. The van der Waals surface area contributed by atoms with Crippen molar-refractivity contribution < 1.29 is 29.6 Å². The Bertz CT molecular complexity index is 510. The number of aliphatic hydroxyl groups excluding tert-OH is 2. The molecule has 0 spiro atoms. The van der Waals surface area contributed by atoms with E-state index in [0.717, 1.165) is 11.3 Å². The standard InChI is InChI=1S/C12H18N2O6S/c1-12(2,3)20-11(19)13-4-7(15)8(16)6-5-21-9(14-6)10(17)18/h5,7-8,15-16H,4H2,1-3H3,(H,13,19)(H,17,18). The molecule has 1 heterocycles. The number of aromatic nitrogens is 1. The van der Waals surface area contributed by atoms with E-state index in [1.807, 2.05) is 0 Å². The fourth-order valence-corrected chi connectivity index (χ4v) is 2.01. The number of carbonyl (C=O) groups is 2. The van der Waals surface area contributed by atoms with E-state index in [4.69, 9.17) is 9.84 Å². The SMILES string of the molecule is CC(C)(C)OC(=O)NCC(O)C(O)c1csc(C(=O)O)n1. The molecule has 0 aliphatic rings. The zero-order chi connectivity index (χ0) is 16.2. The molecule has 4 N–H and O–H groups in total. The maximum atomic E-state index is 11.4. The molecule has 8 nitrogen and oxygen atoms in total. The molecule has 2 unspecified atom stereocenters. The second-order valence-electron chi connectivity index (χ2n) is 5.28. The Morgan fingerprint density at radius 3 is 2.52 bits per heavy atom. The van der Waals surface area contributed by atoms with E-state index >= 15 is 0 Å². The van der Waals surface area contributed by atoms with Gasteiger partial charge in [-0.05, 0) is 20.8 Å². The van der Waals surface area contributed by atoms with Crippen LogP contribution in [0, 0.1) is 0 Å². The number of rotatable bonds is 5. The molecule has 21 heavy (non-hydrogen) atoms. The molecule has 0 aliphatic heterocycles. The molecule has 0 saturated carbocycles. The third-order valence-corrected chi connectivity index (χ3v) is 3.08. The van der Waals surface area contributed by atoms with Crippen molar-refractivity contribution in [2.24, 2.45) is 0 Å². The van der Waals surface area contributed by atoms with Crippen molar-refractivity contribution in [1.82, 2.24) is 10.3 Å². The van der Waals surface area contributed by atoms with Crippen LogP contribution in [0.2, 0.25) is 0 Å². The molecule has 1 aromatic heterocycles. The van der Waals surface area contributed by atoms with Gasteiger partial charge in [0.05, 0.1) is 5.69 Å². The van der Waals surface area contributed by atoms with Crippen LogP contribution in [0.15, 0.2) is 5.38 Å². The summed E-state index contributed by atoms with van der Waals surface area (Å²) in [6, 6.07) is 0. The predicted molar refractivity (Wildman–Crippen MR) is 74.3 cm³/mol. The van der Waals surface area contributed by atoms with Crippen molar-refractivity contribution in [2.75, 3.05) is 6.54 Å². The summed E-state index contributed by atoms with van der Waals surface area (Å²) in [5, 5.41) is 31.8. The number of carboxylic acid groups (broad SMARTS) is 1. The van der Waals surface area contributed by atoms with Crippen LogP contribution in [-0.4, -0.2) is 50.6 Å². The normalized spacial score (nSPS) is 14.3. The lowest BCUT2D eigenvalue weighted by atomic mass is 10.1. The van der Waals surface area contributed by atoms with Crippen LogP contribution in [0.4, 0.5) is 4.79 Å². The van der Waals surface area contributed by atoms with E-state index in [1.54, 1.807) is 20.8 Å². The van der Waals surface area contributed by atoms with Gasteiger partial charge in [-0.3, -0.25) is 0 Å². The summed E-state index contributed by atoms with van der Waals surface area (Å²) in [7, 11) is 0. The quantitative estimate of drug-likeness (QED) is 0.630. The molecule has 2 atom stereocenters. The Kier molecular flexibility index (Phi) is 5.64. The number of thiazole rings is 1. The lowest BCUT2D eigenvalue weighted by Gasteiger charge is -2.21. The molecule has 0 saturated heterocycles. The molecule has 0 fully saturated rings. The minimum absolute atomic E-state index is 0.0379. The Balaban J connectivity index is 2.52. The van der Waals surface area contributed by atoms with Gasteiger partial charge in [0.1, 0.15) is 17.8 Å². The Hall–Kier alpha value is -1.71. The number of carbonyl (C=O) groups excluding carboxylic acids is 1. The lowest BCUT2D eigenvalue weighted by Crippen LogP contribution is -2.38. The Morgan fingerprint density at radius 1 is 1.43 bits per heavy atom. The summed E-state index contributed by atoms with van der Waals surface area (Å²) in [5.74, 6) is -1.21. The number of hydrogen-bond acceptors (Lipinski definition) is 7. The molecule has 0 aliphatic carbocycles. The fraction of sp³-hybridized carbons (Fsp3) is 0.583. The highest BCUT2D eigenvalue weighted by molar-refractivity contribution is 7.11. The minimum Gasteiger partial charge on any atom is -0.476 e. The van der Waals surface area contributed by atoms with Crippen molar-refractivity contribution in [3.8, 4) is 0 Å². The number of hydrogen-bond donors (Lipinski definition) is 4. The highest BCUT2D eigenvalue weighted by atomic mass is 32.1. The minimum atomic E-state index is -1.40. The molecule has 1 rings (SSSR count). The molecule has 1 aromatic rings. The van der Waals surface area contributed by atoms with Gasteiger partial charge >= 0.3 is 12.1 Å². The van der Waals surface area contributed by atoms with Gasteiger partial charge in [-0.25, -0.2) is 14.6 Å². The first-order chi connectivity index (χ1) is 9.60. The van der Waals surface area contributed by atoms with Crippen molar-refractivity contribution in [3.63, 3.8) is 0 Å². The number of aliphatic hydroxyl groups is 2. The van der Waals surface area contributed by atoms with Crippen LogP contribution < -0.4 is 5.32 Å². The molecule has 1 amide bonds. The van der Waals surface area contributed by atoms with Crippen molar-refractivity contribution in [1.29, 1.82) is 0 Å². The first-order valence-corrected chi connectivity index (χ1v) is 7.00. The lowest BCUT2D eigenvalue weighted by molar-refractivity contribution is 0.0111. The van der Waals surface area contributed by atoms with Crippen molar-refractivity contribution in [2.45, 2.75) is 38.6 Å². The third kappa shape index (κ3) is 5.66. The fourth-order valence-electron chi connectivity index (χ4n) is 1.33. The van der Waals surface area contributed by atoms with Gasteiger partial charge in [0.2, 0.25) is 5.01 Å². The molecular weight excluding hydrogens is 300 g/mol. The van der Waals surface area contributed by atoms with E-state index < -0.39 is 29.9 Å². The zero-order valence-electron chi connectivity index (χ0n) is 11.9. The van der Waals surface area contributed by atoms with Crippen LogP contribution in [0.25, 0.3) is 0 Å². The van der Waals surface area contributed by atoms with Crippen LogP contribution in [0.5, 0.6) is 0 Å². The third-order valence-electron chi connectivity index (χ3n) is 2.23. The molecule has 0 radical (unpaired) electrons. The van der Waals surface area contributed by atoms with E-state index in [2.05, 4.69) is 10.3 Å². The van der Waals surface area contributed by atoms with E-state index in [-0.39, 0.29) is 17.2 Å². The summed E-state index contributed by atoms with van der Waals surface area (Å²) < 4.78 is 4.98. The molecule has 118 valence electrons. The number of aromatic carboxylic acids is 1. The number of ether oxygens (including phenoxy) is 1. The molecule has 0 aromatic carbocycles. The van der Waals surface area contributed by atoms with Crippen LogP contribution >= 0.6 is 11.3 Å². The predicted octanol–water partition coefficient (Wildman–Crippen LogP) is 0.760. The first kappa shape index (κ1) is 17.3. The van der Waals surface area contributed by atoms with E-state index in [1.165, 1.54) is 5.38 Å². The topological polar surface area (TPSA) is 129 Å². The highest BCUT2D eigenvalue weighted by Gasteiger charge is 2.24. The number of carboxylic acids is 1. The number of nitrogens with one attached hydrogen (secondary N) is 1. The van der Waals surface area contributed by atoms with Gasteiger partial charge in [0.25, 0.3) is 0 Å². The van der Waals surface area contributed by atoms with Crippen molar-refractivity contribution in [3.05, 3.63) is 16.1 Å². The second kappa shape index (κ2) is 6.83. The van der Waals surface area contributed by atoms with Gasteiger partial charge in [-0.2, -0.15) is 0 Å². The highest BCUT2D eigenvalue weighted by Crippen LogP contribution is 2.19. The van der Waals surface area contributed by atoms with Gasteiger partial charge in [0, 0.05) is 11.9 Å². The zero-order valence-corrected chi connectivity index (χ0v) is 12.7. The maximum Gasteiger partial charge on any atom is 0.407 e. The van der Waals surface area contributed by atoms with Crippen molar-refractivity contribution >= 4 is 23.4 Å². The maximum absolute atomic E-state index is 11.4. The van der Waals surface area contributed by atoms with Gasteiger partial charge in [-0.1, -0.05) is 0 Å². The summed E-state index contributed by atoms with van der Waals surface area (Å²) in [5.41, 5.74) is -0.630. The number of nitrogens with zero attached hydrogens (tertiary/aromatic N) is 1. The van der Waals surface area contributed by atoms with E-state index in [0.29, 0.717) is 0 Å². The van der Waals surface area contributed by atoms with Gasteiger partial charge in [-0.15, -0.1) is 11.3 Å². The number of amides is 1. The van der Waals surface area contributed by atoms with Gasteiger partial charge < -0.3 is 25.4 Å². The van der Waals surface area contributed by atoms with Crippen LogP contribution in [0.3, 0.4) is 0 Å². The first-order valence-electron chi connectivity index (χ1n) is 6.12. The average molecular weight is 318 g/mol. The summed E-state index contributed by atoms with van der Waals surface area (Å²) >= 11 is 0.842. The molecular formula is C12H18N2O6S.